The van der Waals surface area contributed by atoms with Crippen molar-refractivity contribution >= 4 is 17.0 Å². The third-order valence-electron chi connectivity index (χ3n) is 0. The first kappa shape index (κ1) is 9.64. The molecule has 5 heavy (non-hydrogen) atoms. The van der Waals surface area contributed by atoms with Gasteiger partial charge in [-0.15, -0.1) is 0 Å². The third kappa shape index (κ3) is 31.8. The van der Waals surface area contributed by atoms with Gasteiger partial charge in [0.1, 0.15) is 0 Å². The van der Waals surface area contributed by atoms with Crippen molar-refractivity contribution in [3.63, 3.8) is 0 Å². The quantitative estimate of drug-likeness (QED) is 0.437. The summed E-state index contributed by atoms with van der Waals surface area (Å²) in [5.74, 6) is 0. The van der Waals surface area contributed by atoms with Crippen LogP contribution < -0.4 is 0 Å². The zero-order valence-corrected chi connectivity index (χ0v) is 5.71. The van der Waals surface area contributed by atoms with Gasteiger partial charge in [-0.2, -0.15) is 0 Å². The second-order valence-corrected chi connectivity index (χ2v) is 2.07. The molecule has 0 aromatic rings. The maximum atomic E-state index is 7.59. The summed E-state index contributed by atoms with van der Waals surface area (Å²) in [5, 5.41) is 0. The molecule has 0 saturated heterocycles. The van der Waals surface area contributed by atoms with Crippen LogP contribution in [-0.2, 0) is 19.5 Å². The van der Waals surface area contributed by atoms with E-state index in [0.717, 1.165) is 0 Å². The maximum absolute atomic E-state index is 7.59. The minimum absolute atomic E-state index is 0. The minimum atomic E-state index is -1.81. The molecule has 2 N–H and O–H groups in total. The second-order valence-electron chi connectivity index (χ2n) is 0.289. The molecule has 0 atom stereocenters. The standard InChI is InChI=1S/H3O2P2.Rh/c1-4(2)3;/h1-3H;. The van der Waals surface area contributed by atoms with Gasteiger partial charge in [0.25, 0.3) is 0 Å². The first-order chi connectivity index (χ1) is 1.73. The number of rotatable bonds is 0. The van der Waals surface area contributed by atoms with E-state index in [1.807, 2.05) is 0 Å². The molecule has 34 valence electrons. The van der Waals surface area contributed by atoms with E-state index in [0.29, 0.717) is 0 Å². The molecule has 0 rings (SSSR count). The Hall–Kier alpha value is 1.40. The molecule has 0 aromatic heterocycles. The van der Waals surface area contributed by atoms with E-state index in [9.17, 15) is 0 Å². The zero-order chi connectivity index (χ0) is 3.58. The van der Waals surface area contributed by atoms with Gasteiger partial charge < -0.3 is 9.79 Å². The van der Waals surface area contributed by atoms with Gasteiger partial charge >= 0.3 is 0 Å². The molecule has 0 amide bonds. The summed E-state index contributed by atoms with van der Waals surface area (Å²) in [6, 6.07) is 0. The van der Waals surface area contributed by atoms with Crippen LogP contribution in [0.4, 0.5) is 0 Å². The van der Waals surface area contributed by atoms with E-state index >= 15 is 0 Å². The average Bonchev–Trinajstić information content (AvgIpc) is 0.811. The van der Waals surface area contributed by atoms with Crippen LogP contribution in [0.25, 0.3) is 0 Å². The third-order valence-corrected chi connectivity index (χ3v) is 0. The number of hydrogen-bond acceptors (Lipinski definition) is 2. The summed E-state index contributed by atoms with van der Waals surface area (Å²) in [6.45, 7) is 0. The van der Waals surface area contributed by atoms with Gasteiger partial charge in [-0.05, 0) is 8.93 Å². The van der Waals surface area contributed by atoms with Crippen LogP contribution in [0, 0.1) is 0 Å². The van der Waals surface area contributed by atoms with E-state index in [-0.39, 0.29) is 19.5 Å². The van der Waals surface area contributed by atoms with Crippen molar-refractivity contribution in [2.75, 3.05) is 0 Å². The van der Waals surface area contributed by atoms with Gasteiger partial charge in [-0.25, -0.2) is 0 Å². The Kier molecular flexibility index (Phi) is 10.4. The molecule has 0 unspecified atom stereocenters. The van der Waals surface area contributed by atoms with Crippen LogP contribution >= 0.6 is 17.0 Å². The van der Waals surface area contributed by atoms with Crippen LogP contribution in [0.1, 0.15) is 0 Å². The first-order valence-corrected chi connectivity index (χ1v) is 3.21. The van der Waals surface area contributed by atoms with Gasteiger partial charge in [-0.3, -0.25) is 0 Å². The fourth-order valence-corrected chi connectivity index (χ4v) is 0. The predicted molar refractivity (Wildman–Crippen MR) is 19.7 cm³/mol. The summed E-state index contributed by atoms with van der Waals surface area (Å²) in [5.41, 5.74) is 0. The van der Waals surface area contributed by atoms with Gasteiger partial charge in [0.2, 0.25) is 0 Å². The Labute approximate surface area is 46.7 Å². The van der Waals surface area contributed by atoms with Crippen molar-refractivity contribution in [1.82, 2.24) is 0 Å². The molecule has 0 aromatic carbocycles. The summed E-state index contributed by atoms with van der Waals surface area (Å²) < 4.78 is 0. The largest absolute Gasteiger partial charge is 0.347 e. The van der Waals surface area contributed by atoms with Crippen molar-refractivity contribution in [3.8, 4) is 0 Å². The predicted octanol–water partition coefficient (Wildman–Crippen LogP) is 0.338. The SMILES string of the molecule is OP(O)[PH].[Rh]. The second kappa shape index (κ2) is 5.40. The smallest absolute Gasteiger partial charge is 0.191 e. The molecule has 0 saturated carbocycles. The fourth-order valence-electron chi connectivity index (χ4n) is 0. The summed E-state index contributed by atoms with van der Waals surface area (Å²) in [7, 11) is 0.673. The Bertz CT molecular complexity index is 12.4. The van der Waals surface area contributed by atoms with Crippen LogP contribution in [0.2, 0.25) is 0 Å². The van der Waals surface area contributed by atoms with Crippen molar-refractivity contribution in [2.24, 2.45) is 0 Å². The number of hydrogen-bond donors (Lipinski definition) is 2. The van der Waals surface area contributed by atoms with Crippen molar-refractivity contribution < 1.29 is 29.3 Å². The molecule has 0 aliphatic rings. The van der Waals surface area contributed by atoms with Gasteiger partial charge in [0, 0.05) is 19.5 Å². The molecule has 2 nitrogen and oxygen atoms in total. The summed E-state index contributed by atoms with van der Waals surface area (Å²) in [6.07, 6.45) is 0. The molecule has 0 heterocycles. The zero-order valence-electron chi connectivity index (χ0n) is 2.17. The van der Waals surface area contributed by atoms with Gasteiger partial charge in [0.15, 0.2) is 8.06 Å². The Morgan fingerprint density at radius 1 is 1.40 bits per heavy atom. The van der Waals surface area contributed by atoms with Crippen molar-refractivity contribution in [1.29, 1.82) is 0 Å². The normalized spacial score (nSPS) is 7.20. The summed E-state index contributed by atoms with van der Waals surface area (Å²) in [4.78, 5) is 15.2. The van der Waals surface area contributed by atoms with Crippen molar-refractivity contribution in [3.05, 3.63) is 0 Å². The van der Waals surface area contributed by atoms with E-state index in [4.69, 9.17) is 9.79 Å². The van der Waals surface area contributed by atoms with E-state index < -0.39 is 8.06 Å². The van der Waals surface area contributed by atoms with Crippen LogP contribution in [0.5, 0.6) is 0 Å². The topological polar surface area (TPSA) is 40.5 Å². The fraction of sp³-hybridized carbons (Fsp3) is 0. The Morgan fingerprint density at radius 2 is 1.40 bits per heavy atom. The molecule has 0 aliphatic carbocycles. The average molecular weight is 200 g/mol. The molecule has 0 fully saturated rings. The minimum Gasteiger partial charge on any atom is -0.347 e. The van der Waals surface area contributed by atoms with Crippen LogP contribution in [0.3, 0.4) is 0 Å². The molecular weight excluding hydrogens is 197 g/mol. The molecule has 2 radical (unpaired) electrons. The van der Waals surface area contributed by atoms with Crippen molar-refractivity contribution in [2.45, 2.75) is 0 Å². The maximum Gasteiger partial charge on any atom is 0.191 e. The van der Waals surface area contributed by atoms with E-state index in [2.05, 4.69) is 8.93 Å². The van der Waals surface area contributed by atoms with E-state index in [1.165, 1.54) is 0 Å². The first-order valence-electron chi connectivity index (χ1n) is 0.624. The Morgan fingerprint density at radius 3 is 1.40 bits per heavy atom. The Balaban J connectivity index is 0. The van der Waals surface area contributed by atoms with Crippen LogP contribution in [0.15, 0.2) is 0 Å². The van der Waals surface area contributed by atoms with Gasteiger partial charge in [-0.1, -0.05) is 0 Å². The van der Waals surface area contributed by atoms with E-state index in [1.54, 1.807) is 0 Å². The summed E-state index contributed by atoms with van der Waals surface area (Å²) >= 11 is 0. The monoisotopic (exact) mass is 200 g/mol. The molecule has 0 spiro atoms. The molecule has 0 bridgehead atoms. The molecule has 0 aliphatic heterocycles. The molecule has 5 heteroatoms. The van der Waals surface area contributed by atoms with Gasteiger partial charge in [0.05, 0.1) is 0 Å². The van der Waals surface area contributed by atoms with Crippen LogP contribution in [-0.4, -0.2) is 9.79 Å². The molecular formula is H3O2P2Rh.